The molecular formula is C14H18N2O2. The molecule has 1 atom stereocenters. The highest BCUT2D eigenvalue weighted by Crippen LogP contribution is 2.36. The average molecular weight is 246 g/mol. The van der Waals surface area contributed by atoms with Gasteiger partial charge in [0.05, 0.1) is 18.4 Å². The molecule has 1 aromatic heterocycles. The van der Waals surface area contributed by atoms with Gasteiger partial charge >= 0.3 is 0 Å². The van der Waals surface area contributed by atoms with Gasteiger partial charge in [-0.3, -0.25) is 4.79 Å². The van der Waals surface area contributed by atoms with E-state index < -0.39 is 5.41 Å². The van der Waals surface area contributed by atoms with E-state index in [1.54, 1.807) is 12.3 Å². The Morgan fingerprint density at radius 2 is 2.22 bits per heavy atom. The monoisotopic (exact) mass is 246 g/mol. The highest BCUT2D eigenvalue weighted by Gasteiger charge is 2.40. The lowest BCUT2D eigenvalue weighted by atomic mass is 9.74. The Hall–Kier alpha value is -1.76. The highest BCUT2D eigenvalue weighted by molar-refractivity contribution is 5.85. The van der Waals surface area contributed by atoms with E-state index in [-0.39, 0.29) is 11.9 Å². The summed E-state index contributed by atoms with van der Waals surface area (Å²) in [5, 5.41) is 12.2. The summed E-state index contributed by atoms with van der Waals surface area (Å²) in [5.74, 6) is 0.556. The molecule has 0 bridgehead atoms. The second kappa shape index (κ2) is 5.26. The number of carbonyl (C=O) groups is 1. The zero-order valence-corrected chi connectivity index (χ0v) is 10.6. The van der Waals surface area contributed by atoms with Crippen molar-refractivity contribution in [1.82, 2.24) is 5.32 Å². The number of nitriles is 1. The molecule has 1 amide bonds. The normalized spacial score (nSPS) is 19.8. The van der Waals surface area contributed by atoms with Crippen LogP contribution in [0, 0.1) is 16.7 Å². The molecule has 1 saturated carbocycles. The zero-order valence-electron chi connectivity index (χ0n) is 10.6. The van der Waals surface area contributed by atoms with Gasteiger partial charge in [-0.15, -0.1) is 0 Å². The van der Waals surface area contributed by atoms with Crippen molar-refractivity contribution >= 4 is 5.91 Å². The Morgan fingerprint density at radius 1 is 1.50 bits per heavy atom. The van der Waals surface area contributed by atoms with Gasteiger partial charge in [0.2, 0.25) is 5.91 Å². The summed E-state index contributed by atoms with van der Waals surface area (Å²) in [7, 11) is 0. The van der Waals surface area contributed by atoms with E-state index in [0.717, 1.165) is 19.3 Å². The van der Waals surface area contributed by atoms with Gasteiger partial charge in [-0.2, -0.15) is 5.26 Å². The Morgan fingerprint density at radius 3 is 2.78 bits per heavy atom. The minimum absolute atomic E-state index is 0.159. The van der Waals surface area contributed by atoms with Gasteiger partial charge in [0.25, 0.3) is 0 Å². The molecule has 1 unspecified atom stereocenters. The summed E-state index contributed by atoms with van der Waals surface area (Å²) < 4.78 is 5.25. The quantitative estimate of drug-likeness (QED) is 0.891. The Balaban J connectivity index is 2.04. The zero-order chi connectivity index (χ0) is 13.0. The number of amides is 1. The molecule has 1 heterocycles. The van der Waals surface area contributed by atoms with Crippen molar-refractivity contribution in [3.8, 4) is 6.07 Å². The molecule has 1 aromatic rings. The fourth-order valence-electron chi connectivity index (χ4n) is 2.49. The lowest BCUT2D eigenvalue weighted by molar-refractivity contribution is -0.130. The fourth-order valence-corrected chi connectivity index (χ4v) is 2.49. The molecule has 1 aliphatic rings. The molecule has 1 N–H and O–H groups in total. The summed E-state index contributed by atoms with van der Waals surface area (Å²) in [4.78, 5) is 12.3. The van der Waals surface area contributed by atoms with Crippen LogP contribution in [0.3, 0.4) is 0 Å². The first-order chi connectivity index (χ1) is 8.68. The largest absolute Gasteiger partial charge is 0.467 e. The highest BCUT2D eigenvalue weighted by atomic mass is 16.3. The van der Waals surface area contributed by atoms with Crippen LogP contribution in [0.25, 0.3) is 0 Å². The maximum Gasteiger partial charge on any atom is 0.241 e. The second-order valence-electron chi connectivity index (χ2n) is 4.97. The van der Waals surface area contributed by atoms with Gasteiger partial charge in [0.1, 0.15) is 11.2 Å². The molecule has 0 saturated heterocycles. The van der Waals surface area contributed by atoms with Crippen LogP contribution >= 0.6 is 0 Å². The minimum atomic E-state index is -0.834. The van der Waals surface area contributed by atoms with Crippen LogP contribution in [0.4, 0.5) is 0 Å². The van der Waals surface area contributed by atoms with Crippen LogP contribution in [0.15, 0.2) is 22.8 Å². The first kappa shape index (κ1) is 12.7. The topological polar surface area (TPSA) is 66.0 Å². The fraction of sp³-hybridized carbons (Fsp3) is 0.571. The third-order valence-electron chi connectivity index (χ3n) is 3.67. The maximum atomic E-state index is 12.3. The van der Waals surface area contributed by atoms with Gasteiger partial charge in [-0.1, -0.05) is 19.3 Å². The standard InChI is InChI=1S/C14H18N2O2/c1-11(12-6-5-9-18-12)16-13(17)14(10-15)7-3-2-4-8-14/h5-6,9,11H,2-4,7-8H2,1H3,(H,16,17). The molecule has 1 fully saturated rings. The molecule has 0 aliphatic heterocycles. The molecule has 0 radical (unpaired) electrons. The third kappa shape index (κ3) is 2.40. The van der Waals surface area contributed by atoms with Crippen LogP contribution in [0.1, 0.15) is 50.8 Å². The molecule has 2 rings (SSSR count). The summed E-state index contributed by atoms with van der Waals surface area (Å²) in [6.07, 6.45) is 5.94. The van der Waals surface area contributed by atoms with Gasteiger partial charge in [-0.05, 0) is 31.9 Å². The molecule has 0 spiro atoms. The lowest BCUT2D eigenvalue weighted by Gasteiger charge is -2.30. The van der Waals surface area contributed by atoms with E-state index in [1.165, 1.54) is 0 Å². The molecule has 1 aliphatic carbocycles. The Kier molecular flexibility index (Phi) is 3.71. The van der Waals surface area contributed by atoms with Crippen molar-refractivity contribution < 1.29 is 9.21 Å². The van der Waals surface area contributed by atoms with Gasteiger partial charge in [-0.25, -0.2) is 0 Å². The van der Waals surface area contributed by atoms with Crippen molar-refractivity contribution in [3.05, 3.63) is 24.2 Å². The Bertz CT molecular complexity index is 439. The van der Waals surface area contributed by atoms with Gasteiger partial charge in [0, 0.05) is 0 Å². The molecule has 96 valence electrons. The van der Waals surface area contributed by atoms with E-state index in [1.807, 2.05) is 13.0 Å². The molecule has 4 heteroatoms. The summed E-state index contributed by atoms with van der Waals surface area (Å²) in [6.45, 7) is 1.87. The molecule has 0 aromatic carbocycles. The number of rotatable bonds is 3. The number of nitrogens with one attached hydrogen (secondary N) is 1. The van der Waals surface area contributed by atoms with Crippen LogP contribution < -0.4 is 5.32 Å². The van der Waals surface area contributed by atoms with Crippen LogP contribution in [-0.2, 0) is 4.79 Å². The van der Waals surface area contributed by atoms with Gasteiger partial charge < -0.3 is 9.73 Å². The summed E-state index contributed by atoms with van der Waals surface area (Å²) in [5.41, 5.74) is -0.834. The first-order valence-electron chi connectivity index (χ1n) is 6.43. The smallest absolute Gasteiger partial charge is 0.241 e. The van der Waals surface area contributed by atoms with Crippen molar-refractivity contribution in [2.45, 2.75) is 45.1 Å². The van der Waals surface area contributed by atoms with Crippen molar-refractivity contribution in [2.24, 2.45) is 5.41 Å². The summed E-state index contributed by atoms with van der Waals surface area (Å²) in [6, 6.07) is 5.65. The summed E-state index contributed by atoms with van der Waals surface area (Å²) >= 11 is 0. The predicted octanol–water partition coefficient (Wildman–Crippen LogP) is 2.93. The van der Waals surface area contributed by atoms with Crippen LogP contribution in [0.5, 0.6) is 0 Å². The maximum absolute atomic E-state index is 12.3. The van der Waals surface area contributed by atoms with Crippen molar-refractivity contribution in [2.75, 3.05) is 0 Å². The van der Waals surface area contributed by atoms with E-state index >= 15 is 0 Å². The van der Waals surface area contributed by atoms with Crippen molar-refractivity contribution in [3.63, 3.8) is 0 Å². The predicted molar refractivity (Wildman–Crippen MR) is 66.4 cm³/mol. The molecule has 18 heavy (non-hydrogen) atoms. The van der Waals surface area contributed by atoms with E-state index in [2.05, 4.69) is 11.4 Å². The number of nitrogens with zero attached hydrogens (tertiary/aromatic N) is 1. The van der Waals surface area contributed by atoms with Crippen molar-refractivity contribution in [1.29, 1.82) is 5.26 Å². The minimum Gasteiger partial charge on any atom is -0.467 e. The average Bonchev–Trinajstić information content (AvgIpc) is 2.93. The first-order valence-corrected chi connectivity index (χ1v) is 6.43. The number of hydrogen-bond donors (Lipinski definition) is 1. The molecule has 4 nitrogen and oxygen atoms in total. The van der Waals surface area contributed by atoms with E-state index in [0.29, 0.717) is 18.6 Å². The van der Waals surface area contributed by atoms with Crippen LogP contribution in [-0.4, -0.2) is 5.91 Å². The SMILES string of the molecule is CC(NC(=O)C1(C#N)CCCCC1)c1ccco1. The van der Waals surface area contributed by atoms with E-state index in [4.69, 9.17) is 4.42 Å². The van der Waals surface area contributed by atoms with E-state index in [9.17, 15) is 10.1 Å². The number of carbonyl (C=O) groups excluding carboxylic acids is 1. The molecular weight excluding hydrogens is 228 g/mol. The second-order valence-corrected chi connectivity index (χ2v) is 4.97. The number of furan rings is 1. The number of hydrogen-bond acceptors (Lipinski definition) is 3. The van der Waals surface area contributed by atoms with Gasteiger partial charge in [0.15, 0.2) is 0 Å². The third-order valence-corrected chi connectivity index (χ3v) is 3.67. The Labute approximate surface area is 107 Å². The lowest BCUT2D eigenvalue weighted by Crippen LogP contribution is -2.42. The van der Waals surface area contributed by atoms with Crippen LogP contribution in [0.2, 0.25) is 0 Å².